The SMILES string of the molecule is NC(=O)C(F)=CC1CCCN1. The first-order chi connectivity index (χ1) is 5.20. The van der Waals surface area contributed by atoms with Crippen molar-refractivity contribution in [3.8, 4) is 0 Å². The third-order valence-corrected chi connectivity index (χ3v) is 1.68. The molecule has 0 aromatic rings. The van der Waals surface area contributed by atoms with Gasteiger partial charge in [-0.1, -0.05) is 0 Å². The number of primary amides is 1. The summed E-state index contributed by atoms with van der Waals surface area (Å²) in [6, 6.07) is -0.0116. The Hall–Kier alpha value is -0.900. The number of halogens is 1. The van der Waals surface area contributed by atoms with Crippen LogP contribution in [0.5, 0.6) is 0 Å². The van der Waals surface area contributed by atoms with Gasteiger partial charge in [0, 0.05) is 6.04 Å². The van der Waals surface area contributed by atoms with Crippen LogP contribution in [-0.2, 0) is 4.79 Å². The van der Waals surface area contributed by atoms with Crippen molar-refractivity contribution in [2.45, 2.75) is 18.9 Å². The summed E-state index contributed by atoms with van der Waals surface area (Å²) in [5, 5.41) is 3.02. The normalized spacial score (nSPS) is 25.5. The molecule has 0 aliphatic carbocycles. The van der Waals surface area contributed by atoms with Gasteiger partial charge in [0.25, 0.3) is 5.91 Å². The van der Waals surface area contributed by atoms with E-state index in [-0.39, 0.29) is 6.04 Å². The smallest absolute Gasteiger partial charge is 0.277 e. The van der Waals surface area contributed by atoms with Gasteiger partial charge in [-0.2, -0.15) is 0 Å². The van der Waals surface area contributed by atoms with Crippen molar-refractivity contribution in [2.24, 2.45) is 5.73 Å². The second-order valence-corrected chi connectivity index (χ2v) is 2.58. The fourth-order valence-corrected chi connectivity index (χ4v) is 1.11. The van der Waals surface area contributed by atoms with Crippen molar-refractivity contribution in [1.82, 2.24) is 5.32 Å². The van der Waals surface area contributed by atoms with E-state index in [4.69, 9.17) is 5.73 Å². The van der Waals surface area contributed by atoms with Gasteiger partial charge in [0.2, 0.25) is 0 Å². The second kappa shape index (κ2) is 3.48. The number of hydrogen-bond acceptors (Lipinski definition) is 2. The lowest BCUT2D eigenvalue weighted by Gasteiger charge is -2.01. The summed E-state index contributed by atoms with van der Waals surface area (Å²) in [5.74, 6) is -1.83. The van der Waals surface area contributed by atoms with Crippen molar-refractivity contribution in [2.75, 3.05) is 6.54 Å². The molecule has 0 aromatic heterocycles. The maximum atomic E-state index is 12.5. The summed E-state index contributed by atoms with van der Waals surface area (Å²) in [6.45, 7) is 0.882. The van der Waals surface area contributed by atoms with Crippen molar-refractivity contribution >= 4 is 5.91 Å². The number of nitrogens with two attached hydrogens (primary N) is 1. The van der Waals surface area contributed by atoms with Crippen LogP contribution in [0.2, 0.25) is 0 Å². The van der Waals surface area contributed by atoms with E-state index >= 15 is 0 Å². The van der Waals surface area contributed by atoms with Gasteiger partial charge in [-0.15, -0.1) is 0 Å². The molecule has 11 heavy (non-hydrogen) atoms. The predicted octanol–water partition coefficient (Wildman–Crippen LogP) is 0.0771. The van der Waals surface area contributed by atoms with Crippen LogP contribution in [0.25, 0.3) is 0 Å². The fourth-order valence-electron chi connectivity index (χ4n) is 1.11. The fraction of sp³-hybridized carbons (Fsp3) is 0.571. The number of nitrogens with one attached hydrogen (secondary N) is 1. The van der Waals surface area contributed by atoms with Gasteiger partial charge in [-0.25, -0.2) is 4.39 Å². The van der Waals surface area contributed by atoms with Gasteiger partial charge < -0.3 is 11.1 Å². The molecule has 1 aliphatic heterocycles. The second-order valence-electron chi connectivity index (χ2n) is 2.58. The van der Waals surface area contributed by atoms with E-state index < -0.39 is 11.7 Å². The van der Waals surface area contributed by atoms with Crippen molar-refractivity contribution in [3.05, 3.63) is 11.9 Å². The quantitative estimate of drug-likeness (QED) is 0.559. The van der Waals surface area contributed by atoms with E-state index in [1.807, 2.05) is 0 Å². The Balaban J connectivity index is 2.49. The van der Waals surface area contributed by atoms with Crippen LogP contribution in [0.15, 0.2) is 11.9 Å². The minimum absolute atomic E-state index is 0.0116. The lowest BCUT2D eigenvalue weighted by molar-refractivity contribution is -0.115. The van der Waals surface area contributed by atoms with Gasteiger partial charge in [-0.3, -0.25) is 4.79 Å². The monoisotopic (exact) mass is 158 g/mol. The molecule has 0 aromatic carbocycles. The van der Waals surface area contributed by atoms with Gasteiger partial charge in [-0.05, 0) is 25.5 Å². The molecule has 3 nitrogen and oxygen atoms in total. The topological polar surface area (TPSA) is 55.1 Å². The summed E-state index contributed by atoms with van der Waals surface area (Å²) in [6.07, 6.45) is 3.14. The Kier molecular flexibility index (Phi) is 2.59. The standard InChI is InChI=1S/C7H11FN2O/c8-6(7(9)11)4-5-2-1-3-10-5/h4-5,10H,1-3H2,(H2,9,11). The van der Waals surface area contributed by atoms with Crippen LogP contribution in [0, 0.1) is 0 Å². The zero-order valence-corrected chi connectivity index (χ0v) is 6.14. The van der Waals surface area contributed by atoms with Crippen LogP contribution >= 0.6 is 0 Å². The molecule has 0 bridgehead atoms. The first-order valence-electron chi connectivity index (χ1n) is 3.60. The van der Waals surface area contributed by atoms with Crippen LogP contribution in [-0.4, -0.2) is 18.5 Å². The van der Waals surface area contributed by atoms with Crippen molar-refractivity contribution in [3.63, 3.8) is 0 Å². The summed E-state index contributed by atoms with van der Waals surface area (Å²) >= 11 is 0. The zero-order chi connectivity index (χ0) is 8.27. The Morgan fingerprint density at radius 3 is 2.91 bits per heavy atom. The lowest BCUT2D eigenvalue weighted by atomic mass is 10.2. The maximum Gasteiger partial charge on any atom is 0.277 e. The van der Waals surface area contributed by atoms with Crippen LogP contribution in [0.3, 0.4) is 0 Å². The highest BCUT2D eigenvalue weighted by molar-refractivity contribution is 5.89. The number of carbonyl (C=O) groups is 1. The molecule has 3 N–H and O–H groups in total. The zero-order valence-electron chi connectivity index (χ0n) is 6.14. The summed E-state index contributed by atoms with van der Waals surface area (Å²) in [7, 11) is 0. The van der Waals surface area contributed by atoms with Crippen LogP contribution in [0.1, 0.15) is 12.8 Å². The highest BCUT2D eigenvalue weighted by Crippen LogP contribution is 2.08. The van der Waals surface area contributed by atoms with Crippen LogP contribution in [0.4, 0.5) is 4.39 Å². The molecule has 1 saturated heterocycles. The molecular weight excluding hydrogens is 147 g/mol. The van der Waals surface area contributed by atoms with E-state index in [1.165, 1.54) is 6.08 Å². The Bertz CT molecular complexity index is 185. The minimum Gasteiger partial charge on any atom is -0.364 e. The average Bonchev–Trinajstić information content (AvgIpc) is 2.39. The first-order valence-corrected chi connectivity index (χ1v) is 3.60. The number of carbonyl (C=O) groups excluding carboxylic acids is 1. The summed E-state index contributed by atoms with van der Waals surface area (Å²) in [4.78, 5) is 10.2. The third-order valence-electron chi connectivity index (χ3n) is 1.68. The largest absolute Gasteiger partial charge is 0.364 e. The minimum atomic E-state index is -0.987. The molecule has 0 spiro atoms. The Morgan fingerprint density at radius 2 is 2.45 bits per heavy atom. The lowest BCUT2D eigenvalue weighted by Crippen LogP contribution is -2.21. The number of rotatable bonds is 2. The molecule has 4 heteroatoms. The third kappa shape index (κ3) is 2.31. The molecule has 1 amide bonds. The molecule has 1 atom stereocenters. The van der Waals surface area contributed by atoms with Gasteiger partial charge >= 0.3 is 0 Å². The number of amides is 1. The summed E-state index contributed by atoms with van der Waals surface area (Å²) < 4.78 is 12.5. The van der Waals surface area contributed by atoms with E-state index in [2.05, 4.69) is 5.32 Å². The molecule has 1 fully saturated rings. The molecular formula is C7H11FN2O. The van der Waals surface area contributed by atoms with Crippen molar-refractivity contribution < 1.29 is 9.18 Å². The summed E-state index contributed by atoms with van der Waals surface area (Å²) in [5.41, 5.74) is 4.70. The molecule has 1 aliphatic rings. The van der Waals surface area contributed by atoms with E-state index in [9.17, 15) is 9.18 Å². The number of hydrogen-bond donors (Lipinski definition) is 2. The van der Waals surface area contributed by atoms with Gasteiger partial charge in [0.15, 0.2) is 5.83 Å². The van der Waals surface area contributed by atoms with Crippen molar-refractivity contribution in [1.29, 1.82) is 0 Å². The highest BCUT2D eigenvalue weighted by atomic mass is 19.1. The molecule has 0 radical (unpaired) electrons. The molecule has 0 saturated carbocycles. The maximum absolute atomic E-state index is 12.5. The molecule has 1 heterocycles. The molecule has 1 unspecified atom stereocenters. The van der Waals surface area contributed by atoms with Gasteiger partial charge in [0.05, 0.1) is 0 Å². The predicted molar refractivity (Wildman–Crippen MR) is 39.4 cm³/mol. The first kappa shape index (κ1) is 8.20. The van der Waals surface area contributed by atoms with E-state index in [0.717, 1.165) is 19.4 Å². The Morgan fingerprint density at radius 1 is 1.73 bits per heavy atom. The van der Waals surface area contributed by atoms with Crippen LogP contribution < -0.4 is 11.1 Å². The average molecular weight is 158 g/mol. The van der Waals surface area contributed by atoms with E-state index in [0.29, 0.717) is 0 Å². The molecule has 1 rings (SSSR count). The Labute approximate surface area is 64.5 Å². The highest BCUT2D eigenvalue weighted by Gasteiger charge is 2.13. The molecule has 62 valence electrons. The van der Waals surface area contributed by atoms with Gasteiger partial charge in [0.1, 0.15) is 0 Å². The van der Waals surface area contributed by atoms with E-state index in [1.54, 1.807) is 0 Å².